The van der Waals surface area contributed by atoms with Crippen LogP contribution in [-0.2, 0) is 0 Å². The average Bonchev–Trinajstić information content (AvgIpc) is 2.65. The third-order valence-electron chi connectivity index (χ3n) is 1.92. The minimum Gasteiger partial charge on any atom is -0.291 e. The standard InChI is InChI=1S/C10H10N2OS/c1-7-11-6-10(14-7)8-2-4-9(12-13)5-3-8/h2-6,12-13H,1H3. The smallest absolute Gasteiger partial charge is 0.0900 e. The Morgan fingerprint density at radius 2 is 2.00 bits per heavy atom. The van der Waals surface area contributed by atoms with Crippen molar-refractivity contribution in [2.75, 3.05) is 5.48 Å². The van der Waals surface area contributed by atoms with E-state index in [1.165, 1.54) is 0 Å². The molecule has 4 heteroatoms. The molecule has 0 aliphatic carbocycles. The van der Waals surface area contributed by atoms with Gasteiger partial charge < -0.3 is 0 Å². The molecule has 72 valence electrons. The fraction of sp³-hybridized carbons (Fsp3) is 0.100. The van der Waals surface area contributed by atoms with Gasteiger partial charge in [0.1, 0.15) is 0 Å². The monoisotopic (exact) mass is 206 g/mol. The van der Waals surface area contributed by atoms with Gasteiger partial charge in [0.05, 0.1) is 15.6 Å². The van der Waals surface area contributed by atoms with Crippen molar-refractivity contribution in [1.82, 2.24) is 4.98 Å². The van der Waals surface area contributed by atoms with Crippen molar-refractivity contribution in [3.05, 3.63) is 35.5 Å². The molecule has 1 aromatic heterocycles. The number of hydrogen-bond donors (Lipinski definition) is 2. The summed E-state index contributed by atoms with van der Waals surface area (Å²) in [5.74, 6) is 0. The average molecular weight is 206 g/mol. The number of aryl methyl sites for hydroxylation is 1. The Morgan fingerprint density at radius 1 is 1.29 bits per heavy atom. The highest BCUT2D eigenvalue weighted by Gasteiger charge is 2.00. The van der Waals surface area contributed by atoms with Crippen LogP contribution in [0.2, 0.25) is 0 Å². The molecule has 0 amide bonds. The number of hydrogen-bond acceptors (Lipinski definition) is 4. The maximum atomic E-state index is 8.64. The van der Waals surface area contributed by atoms with E-state index in [0.29, 0.717) is 5.69 Å². The largest absolute Gasteiger partial charge is 0.291 e. The van der Waals surface area contributed by atoms with Crippen LogP contribution in [0.3, 0.4) is 0 Å². The zero-order valence-corrected chi connectivity index (χ0v) is 8.51. The second-order valence-corrected chi connectivity index (χ2v) is 4.17. The van der Waals surface area contributed by atoms with Crippen molar-refractivity contribution in [2.45, 2.75) is 6.92 Å². The van der Waals surface area contributed by atoms with Crippen molar-refractivity contribution < 1.29 is 5.21 Å². The molecule has 2 rings (SSSR count). The minimum atomic E-state index is 0.690. The van der Waals surface area contributed by atoms with Gasteiger partial charge in [0.2, 0.25) is 0 Å². The van der Waals surface area contributed by atoms with Gasteiger partial charge in [-0.15, -0.1) is 11.3 Å². The fourth-order valence-corrected chi connectivity index (χ4v) is 1.99. The van der Waals surface area contributed by atoms with Crippen LogP contribution in [0.5, 0.6) is 0 Å². The van der Waals surface area contributed by atoms with Crippen LogP contribution >= 0.6 is 11.3 Å². The summed E-state index contributed by atoms with van der Waals surface area (Å²) in [6.07, 6.45) is 1.86. The lowest BCUT2D eigenvalue weighted by Crippen LogP contribution is -1.87. The summed E-state index contributed by atoms with van der Waals surface area (Å²) >= 11 is 1.66. The summed E-state index contributed by atoms with van der Waals surface area (Å²) in [5.41, 5.74) is 3.91. The van der Waals surface area contributed by atoms with Gasteiger partial charge >= 0.3 is 0 Å². The van der Waals surface area contributed by atoms with Crippen LogP contribution in [0.1, 0.15) is 5.01 Å². The highest BCUT2D eigenvalue weighted by Crippen LogP contribution is 2.26. The number of anilines is 1. The van der Waals surface area contributed by atoms with Crippen molar-refractivity contribution >= 4 is 17.0 Å². The lowest BCUT2D eigenvalue weighted by atomic mass is 10.2. The Balaban J connectivity index is 2.33. The number of nitrogens with zero attached hydrogens (tertiary/aromatic N) is 1. The fourth-order valence-electron chi connectivity index (χ4n) is 1.20. The minimum absolute atomic E-state index is 0.690. The van der Waals surface area contributed by atoms with Crippen LogP contribution in [0.15, 0.2) is 30.5 Å². The first-order chi connectivity index (χ1) is 6.79. The predicted molar refractivity (Wildman–Crippen MR) is 57.7 cm³/mol. The number of aromatic nitrogens is 1. The first-order valence-corrected chi connectivity index (χ1v) is 5.04. The first kappa shape index (κ1) is 9.18. The summed E-state index contributed by atoms with van der Waals surface area (Å²) in [5, 5.41) is 9.70. The van der Waals surface area contributed by atoms with Crippen LogP contribution in [0, 0.1) is 6.92 Å². The van der Waals surface area contributed by atoms with E-state index in [2.05, 4.69) is 10.5 Å². The Bertz CT molecular complexity index is 422. The van der Waals surface area contributed by atoms with Gasteiger partial charge in [-0.25, -0.2) is 4.98 Å². The van der Waals surface area contributed by atoms with E-state index < -0.39 is 0 Å². The van der Waals surface area contributed by atoms with Crippen molar-refractivity contribution in [3.8, 4) is 10.4 Å². The summed E-state index contributed by atoms with van der Waals surface area (Å²) < 4.78 is 0. The van der Waals surface area contributed by atoms with Gasteiger partial charge in [-0.3, -0.25) is 10.7 Å². The van der Waals surface area contributed by atoms with E-state index in [-0.39, 0.29) is 0 Å². The zero-order valence-electron chi connectivity index (χ0n) is 7.69. The molecule has 2 aromatic rings. The quantitative estimate of drug-likeness (QED) is 0.742. The third-order valence-corrected chi connectivity index (χ3v) is 2.88. The Labute approximate surface area is 86.0 Å². The molecule has 1 heterocycles. The van der Waals surface area contributed by atoms with Crippen LogP contribution in [0.4, 0.5) is 5.69 Å². The summed E-state index contributed by atoms with van der Waals surface area (Å²) in [4.78, 5) is 5.33. The molecule has 0 bridgehead atoms. The topological polar surface area (TPSA) is 45.2 Å². The highest BCUT2D eigenvalue weighted by molar-refractivity contribution is 7.15. The van der Waals surface area contributed by atoms with Gasteiger partial charge in [-0.1, -0.05) is 12.1 Å². The number of nitrogens with one attached hydrogen (secondary N) is 1. The normalized spacial score (nSPS) is 10.1. The Kier molecular flexibility index (Phi) is 2.47. The number of thiazole rings is 1. The van der Waals surface area contributed by atoms with Crippen molar-refractivity contribution in [1.29, 1.82) is 0 Å². The molecule has 3 nitrogen and oxygen atoms in total. The van der Waals surface area contributed by atoms with E-state index in [0.717, 1.165) is 15.4 Å². The third kappa shape index (κ3) is 1.76. The zero-order chi connectivity index (χ0) is 9.97. The van der Waals surface area contributed by atoms with E-state index in [1.54, 1.807) is 11.3 Å². The second kappa shape index (κ2) is 3.77. The van der Waals surface area contributed by atoms with E-state index in [9.17, 15) is 0 Å². The molecule has 0 aliphatic heterocycles. The van der Waals surface area contributed by atoms with E-state index >= 15 is 0 Å². The summed E-state index contributed by atoms with van der Waals surface area (Å²) in [6.45, 7) is 1.98. The van der Waals surface area contributed by atoms with Gasteiger partial charge in [-0.2, -0.15) is 0 Å². The SMILES string of the molecule is Cc1ncc(-c2ccc(NO)cc2)s1. The van der Waals surface area contributed by atoms with Gasteiger partial charge in [0.15, 0.2) is 0 Å². The number of rotatable bonds is 2. The van der Waals surface area contributed by atoms with E-state index in [1.807, 2.05) is 37.4 Å². The lowest BCUT2D eigenvalue weighted by molar-refractivity contribution is 0.389. The molecule has 1 aromatic carbocycles. The molecule has 0 saturated carbocycles. The van der Waals surface area contributed by atoms with Gasteiger partial charge in [0, 0.05) is 6.20 Å². The molecule has 14 heavy (non-hydrogen) atoms. The van der Waals surface area contributed by atoms with Crippen molar-refractivity contribution in [2.24, 2.45) is 0 Å². The summed E-state index contributed by atoms with van der Waals surface area (Å²) in [6, 6.07) is 7.55. The molecule has 0 atom stereocenters. The molecule has 0 unspecified atom stereocenters. The maximum absolute atomic E-state index is 8.64. The van der Waals surface area contributed by atoms with Gasteiger partial charge in [-0.05, 0) is 24.6 Å². The number of benzene rings is 1. The van der Waals surface area contributed by atoms with Crippen LogP contribution in [-0.4, -0.2) is 10.2 Å². The van der Waals surface area contributed by atoms with Crippen LogP contribution < -0.4 is 5.48 Å². The Morgan fingerprint density at radius 3 is 2.50 bits per heavy atom. The van der Waals surface area contributed by atoms with Gasteiger partial charge in [0.25, 0.3) is 0 Å². The molecule has 0 radical (unpaired) electrons. The van der Waals surface area contributed by atoms with Crippen molar-refractivity contribution in [3.63, 3.8) is 0 Å². The predicted octanol–water partition coefficient (Wildman–Crippen LogP) is 2.92. The molecule has 0 aliphatic rings. The molecular formula is C10H10N2OS. The van der Waals surface area contributed by atoms with E-state index in [4.69, 9.17) is 5.21 Å². The molecule has 2 N–H and O–H groups in total. The first-order valence-electron chi connectivity index (χ1n) is 4.22. The second-order valence-electron chi connectivity index (χ2n) is 2.93. The highest BCUT2D eigenvalue weighted by atomic mass is 32.1. The van der Waals surface area contributed by atoms with Crippen LogP contribution in [0.25, 0.3) is 10.4 Å². The summed E-state index contributed by atoms with van der Waals surface area (Å²) in [7, 11) is 0. The molecule has 0 saturated heterocycles. The maximum Gasteiger partial charge on any atom is 0.0900 e. The molecule has 0 fully saturated rings. The molecular weight excluding hydrogens is 196 g/mol. The molecule has 0 spiro atoms. The lowest BCUT2D eigenvalue weighted by Gasteiger charge is -1.99. The Hall–Kier alpha value is -1.39.